The van der Waals surface area contributed by atoms with E-state index in [2.05, 4.69) is 4.98 Å². The minimum absolute atomic E-state index is 0.0647. The van der Waals surface area contributed by atoms with Gasteiger partial charge in [0.15, 0.2) is 12.3 Å². The smallest absolute Gasteiger partial charge is 0.355 e. The summed E-state index contributed by atoms with van der Waals surface area (Å²) in [5, 5.41) is 19.1. The Hall–Kier alpha value is -1.97. The highest BCUT2D eigenvalue weighted by molar-refractivity contribution is 5.87. The van der Waals surface area contributed by atoms with Crippen molar-refractivity contribution in [2.75, 3.05) is 13.2 Å². The van der Waals surface area contributed by atoms with Gasteiger partial charge in [0.2, 0.25) is 0 Å². The number of carbonyl (C=O) groups excluding carboxylic acids is 1. The van der Waals surface area contributed by atoms with Gasteiger partial charge in [0, 0.05) is 6.07 Å². The SMILES string of the molecule is CCOC(=O)c1cc(=O)nc2n1[C@H]1O[C@@H](CO)[C@H](O)[C@H]1O2. The summed E-state index contributed by atoms with van der Waals surface area (Å²) in [7, 11) is 0. The zero-order valence-corrected chi connectivity index (χ0v) is 11.1. The van der Waals surface area contributed by atoms with E-state index in [1.54, 1.807) is 6.92 Å². The largest absolute Gasteiger partial charge is 0.461 e. The molecule has 0 saturated carbocycles. The summed E-state index contributed by atoms with van der Waals surface area (Å²) in [6, 6.07) is 0.908. The fraction of sp³-hybridized carbons (Fsp3) is 0.583. The lowest BCUT2D eigenvalue weighted by molar-refractivity contribution is -0.0444. The Labute approximate surface area is 118 Å². The summed E-state index contributed by atoms with van der Waals surface area (Å²) >= 11 is 0. The van der Waals surface area contributed by atoms with Crippen molar-refractivity contribution in [2.24, 2.45) is 0 Å². The Morgan fingerprint density at radius 2 is 2.33 bits per heavy atom. The van der Waals surface area contributed by atoms with Gasteiger partial charge in [-0.25, -0.2) is 4.79 Å². The second-order valence-electron chi connectivity index (χ2n) is 4.67. The normalized spacial score (nSPS) is 29.7. The number of hydrogen-bond acceptors (Lipinski definition) is 8. The highest BCUT2D eigenvalue weighted by atomic mass is 16.6. The first kappa shape index (κ1) is 14.0. The molecule has 1 fully saturated rings. The molecule has 1 aromatic rings. The quantitative estimate of drug-likeness (QED) is 0.642. The first-order valence-corrected chi connectivity index (χ1v) is 6.48. The number of aromatic nitrogens is 2. The van der Waals surface area contributed by atoms with E-state index in [4.69, 9.17) is 19.3 Å². The summed E-state index contributed by atoms with van der Waals surface area (Å²) < 4.78 is 17.0. The summed E-state index contributed by atoms with van der Waals surface area (Å²) in [6.07, 6.45) is -3.61. The van der Waals surface area contributed by atoms with E-state index >= 15 is 0 Å². The number of fused-ring (bicyclic) bond motifs is 3. The van der Waals surface area contributed by atoms with Gasteiger partial charge in [-0.3, -0.25) is 9.36 Å². The van der Waals surface area contributed by atoms with Crippen molar-refractivity contribution in [3.8, 4) is 6.01 Å². The molecule has 3 heterocycles. The van der Waals surface area contributed by atoms with Crippen molar-refractivity contribution in [1.29, 1.82) is 0 Å². The Balaban J connectivity index is 2.05. The average Bonchev–Trinajstić information content (AvgIpc) is 2.95. The van der Waals surface area contributed by atoms with Crippen molar-refractivity contribution in [2.45, 2.75) is 31.5 Å². The average molecular weight is 298 g/mol. The van der Waals surface area contributed by atoms with E-state index in [0.29, 0.717) is 0 Å². The van der Waals surface area contributed by atoms with Crippen LogP contribution in [0.2, 0.25) is 0 Å². The van der Waals surface area contributed by atoms with Crippen LogP contribution in [0.5, 0.6) is 6.01 Å². The van der Waals surface area contributed by atoms with E-state index in [1.807, 2.05) is 0 Å². The predicted octanol–water partition coefficient (Wildman–Crippen LogP) is -1.57. The number of nitrogens with zero attached hydrogens (tertiary/aromatic N) is 2. The Morgan fingerprint density at radius 1 is 1.57 bits per heavy atom. The highest BCUT2D eigenvalue weighted by Crippen LogP contribution is 2.39. The van der Waals surface area contributed by atoms with Crippen molar-refractivity contribution in [3.63, 3.8) is 0 Å². The molecule has 0 aliphatic carbocycles. The highest BCUT2D eigenvalue weighted by Gasteiger charge is 2.52. The maximum Gasteiger partial charge on any atom is 0.355 e. The van der Waals surface area contributed by atoms with Crippen molar-refractivity contribution in [1.82, 2.24) is 9.55 Å². The van der Waals surface area contributed by atoms with Crippen molar-refractivity contribution < 1.29 is 29.2 Å². The van der Waals surface area contributed by atoms with Gasteiger partial charge < -0.3 is 24.4 Å². The molecule has 9 nitrogen and oxygen atoms in total. The third-order valence-corrected chi connectivity index (χ3v) is 3.40. The molecule has 4 atom stereocenters. The Morgan fingerprint density at radius 3 is 3.00 bits per heavy atom. The van der Waals surface area contributed by atoms with Gasteiger partial charge in [-0.1, -0.05) is 0 Å². The molecular formula is C12H14N2O7. The maximum absolute atomic E-state index is 11.9. The minimum atomic E-state index is -1.09. The number of aliphatic hydroxyl groups excluding tert-OH is 2. The molecule has 2 aliphatic rings. The molecule has 0 unspecified atom stereocenters. The van der Waals surface area contributed by atoms with E-state index in [-0.39, 0.29) is 18.3 Å². The van der Waals surface area contributed by atoms with Gasteiger partial charge in [-0.2, -0.15) is 4.98 Å². The van der Waals surface area contributed by atoms with Crippen LogP contribution < -0.4 is 10.3 Å². The van der Waals surface area contributed by atoms with Crippen LogP contribution in [0.25, 0.3) is 0 Å². The molecule has 0 amide bonds. The summed E-state index contributed by atoms with van der Waals surface area (Å²) in [4.78, 5) is 27.1. The molecular weight excluding hydrogens is 284 g/mol. The molecule has 0 radical (unpaired) electrons. The third kappa shape index (κ3) is 2.09. The molecule has 21 heavy (non-hydrogen) atoms. The summed E-state index contributed by atoms with van der Waals surface area (Å²) in [6.45, 7) is 1.39. The zero-order chi connectivity index (χ0) is 15.1. The van der Waals surface area contributed by atoms with E-state index < -0.39 is 42.7 Å². The van der Waals surface area contributed by atoms with Gasteiger partial charge in [0.25, 0.3) is 5.56 Å². The maximum atomic E-state index is 11.9. The fourth-order valence-electron chi connectivity index (χ4n) is 2.49. The van der Waals surface area contributed by atoms with Crippen LogP contribution in [0.15, 0.2) is 10.9 Å². The molecule has 1 saturated heterocycles. The van der Waals surface area contributed by atoms with Gasteiger partial charge in [0.05, 0.1) is 13.2 Å². The predicted molar refractivity (Wildman–Crippen MR) is 65.9 cm³/mol. The van der Waals surface area contributed by atoms with Gasteiger partial charge >= 0.3 is 12.0 Å². The summed E-state index contributed by atoms with van der Waals surface area (Å²) in [5.41, 5.74) is -0.720. The summed E-state index contributed by atoms with van der Waals surface area (Å²) in [5.74, 6) is -0.715. The second kappa shape index (κ2) is 5.10. The van der Waals surface area contributed by atoms with Crippen LogP contribution >= 0.6 is 0 Å². The van der Waals surface area contributed by atoms with Crippen molar-refractivity contribution >= 4 is 5.97 Å². The molecule has 0 spiro atoms. The lowest BCUT2D eigenvalue weighted by atomic mass is 10.1. The first-order valence-electron chi connectivity index (χ1n) is 6.48. The van der Waals surface area contributed by atoms with Crippen molar-refractivity contribution in [3.05, 3.63) is 22.1 Å². The number of hydrogen-bond donors (Lipinski definition) is 2. The molecule has 0 aromatic carbocycles. The van der Waals surface area contributed by atoms with E-state index in [1.165, 1.54) is 4.57 Å². The third-order valence-electron chi connectivity index (χ3n) is 3.40. The topological polar surface area (TPSA) is 120 Å². The van der Waals surface area contributed by atoms with Gasteiger partial charge in [0.1, 0.15) is 17.9 Å². The Bertz CT molecular complexity index is 629. The molecule has 1 aromatic heterocycles. The molecule has 0 bridgehead atoms. The van der Waals surface area contributed by atoms with Crippen LogP contribution in [0.3, 0.4) is 0 Å². The van der Waals surface area contributed by atoms with Gasteiger partial charge in [-0.05, 0) is 6.92 Å². The number of esters is 1. The number of rotatable bonds is 3. The standard InChI is InChI=1S/C12H14N2O7/c1-2-19-11(18)5-3-7(16)13-12-14(5)10-9(21-12)8(17)6(4-15)20-10/h3,6,8-10,15,17H,2,4H2,1H3/t6-,8-,9+,10-/m0/s1. The monoisotopic (exact) mass is 298 g/mol. The van der Waals surface area contributed by atoms with Crippen LogP contribution in [-0.2, 0) is 9.47 Å². The Kier molecular flexibility index (Phi) is 3.40. The fourth-order valence-corrected chi connectivity index (χ4v) is 2.49. The molecule has 2 aliphatic heterocycles. The molecule has 114 valence electrons. The van der Waals surface area contributed by atoms with E-state index in [9.17, 15) is 14.7 Å². The number of ether oxygens (including phenoxy) is 3. The number of aliphatic hydroxyl groups is 2. The molecule has 9 heteroatoms. The lowest BCUT2D eigenvalue weighted by Gasteiger charge is -2.15. The van der Waals surface area contributed by atoms with Crippen LogP contribution in [0, 0.1) is 0 Å². The number of carbonyl (C=O) groups is 1. The minimum Gasteiger partial charge on any atom is -0.461 e. The van der Waals surface area contributed by atoms with E-state index in [0.717, 1.165) is 6.07 Å². The van der Waals surface area contributed by atoms with Crippen LogP contribution in [0.1, 0.15) is 23.6 Å². The zero-order valence-electron chi connectivity index (χ0n) is 11.1. The molecule has 2 N–H and O–H groups in total. The van der Waals surface area contributed by atoms with Crippen LogP contribution in [-0.4, -0.2) is 57.3 Å². The van der Waals surface area contributed by atoms with Crippen LogP contribution in [0.4, 0.5) is 0 Å². The first-order chi connectivity index (χ1) is 10.1. The molecule has 3 rings (SSSR count). The lowest BCUT2D eigenvalue weighted by Crippen LogP contribution is -2.34. The second-order valence-corrected chi connectivity index (χ2v) is 4.67. The van der Waals surface area contributed by atoms with Gasteiger partial charge in [-0.15, -0.1) is 0 Å².